The van der Waals surface area contributed by atoms with Gasteiger partial charge in [-0.2, -0.15) is 0 Å². The lowest BCUT2D eigenvalue weighted by Crippen LogP contribution is -2.59. The Morgan fingerprint density at radius 1 is 1.00 bits per heavy atom. The van der Waals surface area contributed by atoms with E-state index in [1.807, 2.05) is 6.92 Å². The molecule has 14 heteroatoms. The van der Waals surface area contributed by atoms with Crippen molar-refractivity contribution in [3.63, 3.8) is 0 Å². The smallest absolute Gasteiger partial charge is 0.303 e. The molecular weight excluding hydrogens is 515 g/mol. The minimum Gasteiger partial charge on any atom is -0.463 e. The summed E-state index contributed by atoms with van der Waals surface area (Å²) in [5, 5.41) is 7.91. The van der Waals surface area contributed by atoms with Crippen LogP contribution in [0.15, 0.2) is 18.3 Å². The molecule has 1 aliphatic rings. The first-order valence-corrected chi connectivity index (χ1v) is 11.8. The van der Waals surface area contributed by atoms with Crippen molar-refractivity contribution < 1.29 is 51.2 Å². The third-order valence-corrected chi connectivity index (χ3v) is 5.55. The summed E-state index contributed by atoms with van der Waals surface area (Å²) in [6, 6.07) is 0.341. The van der Waals surface area contributed by atoms with Crippen molar-refractivity contribution >= 4 is 17.9 Å². The lowest BCUT2D eigenvalue weighted by Gasteiger charge is -2.44. The average molecular weight is 543 g/mol. The van der Waals surface area contributed by atoms with Gasteiger partial charge < -0.3 is 23.7 Å². The highest BCUT2D eigenvalue weighted by atomic mass is 19.2. The van der Waals surface area contributed by atoms with Crippen molar-refractivity contribution in [3.05, 3.63) is 35.8 Å². The second kappa shape index (κ2) is 12.8. The quantitative estimate of drug-likeness (QED) is 0.191. The zero-order valence-electron chi connectivity index (χ0n) is 21.2. The SMILES string of the molecule is CCCCO[C@H]1O[C@H](COC(C)=O)[C@H](OC(C)=O)[C@H](n2cc(-c3cc(F)c(F)c(F)c3)nn2)[C@H]1OC(C)=O. The average Bonchev–Trinajstić information content (AvgIpc) is 3.32. The normalized spacial score (nSPS) is 23.1. The number of nitrogens with zero attached hydrogens (tertiary/aromatic N) is 3. The van der Waals surface area contributed by atoms with Gasteiger partial charge in [0.25, 0.3) is 0 Å². The van der Waals surface area contributed by atoms with E-state index in [0.717, 1.165) is 37.1 Å². The van der Waals surface area contributed by atoms with Gasteiger partial charge in [-0.15, -0.1) is 5.10 Å². The lowest BCUT2D eigenvalue weighted by atomic mass is 9.95. The van der Waals surface area contributed by atoms with Crippen LogP contribution < -0.4 is 0 Å². The van der Waals surface area contributed by atoms with Crippen LogP contribution in [0.4, 0.5) is 13.2 Å². The summed E-state index contributed by atoms with van der Waals surface area (Å²) in [5.74, 6) is -6.57. The van der Waals surface area contributed by atoms with Gasteiger partial charge in [0.2, 0.25) is 0 Å². The predicted molar refractivity (Wildman–Crippen MR) is 122 cm³/mol. The Labute approximate surface area is 216 Å². The molecule has 1 fully saturated rings. The van der Waals surface area contributed by atoms with E-state index in [-0.39, 0.29) is 24.5 Å². The summed E-state index contributed by atoms with van der Waals surface area (Å²) in [4.78, 5) is 35.6. The summed E-state index contributed by atoms with van der Waals surface area (Å²) in [6.07, 6.45) is -2.07. The molecule has 1 aromatic carbocycles. The molecule has 2 aromatic rings. The molecule has 3 rings (SSSR count). The maximum atomic E-state index is 13.8. The van der Waals surface area contributed by atoms with Gasteiger partial charge >= 0.3 is 17.9 Å². The molecule has 0 bridgehead atoms. The Morgan fingerprint density at radius 2 is 1.63 bits per heavy atom. The van der Waals surface area contributed by atoms with Crippen LogP contribution in [0, 0.1) is 17.5 Å². The molecule has 0 amide bonds. The van der Waals surface area contributed by atoms with Crippen LogP contribution in [0.1, 0.15) is 46.6 Å². The fraction of sp³-hybridized carbons (Fsp3) is 0.542. The second-order valence-corrected chi connectivity index (χ2v) is 8.55. The number of benzene rings is 1. The van der Waals surface area contributed by atoms with Crippen molar-refractivity contribution in [3.8, 4) is 11.3 Å². The standard InChI is InChI=1S/C24H28F3N3O8/c1-5-6-7-34-24-23(37-14(4)33)21(22(36-13(3)32)19(38-24)11-35-12(2)31)30-10-18(28-29-30)15-8-16(25)20(27)17(26)9-15/h8-10,19,21-24H,5-7,11H2,1-4H3/t19-,21+,22+,23-,24+/m1/s1. The number of unbranched alkanes of at least 4 members (excludes halogenated alkanes) is 1. The first kappa shape index (κ1) is 29.0. The molecule has 0 N–H and O–H groups in total. The van der Waals surface area contributed by atoms with Crippen LogP contribution in [0.2, 0.25) is 0 Å². The molecule has 0 radical (unpaired) electrons. The van der Waals surface area contributed by atoms with Crippen molar-refractivity contribution in [2.24, 2.45) is 0 Å². The van der Waals surface area contributed by atoms with E-state index >= 15 is 0 Å². The number of hydrogen-bond acceptors (Lipinski definition) is 10. The van der Waals surface area contributed by atoms with Crippen molar-refractivity contribution in [1.29, 1.82) is 0 Å². The molecule has 1 aromatic heterocycles. The minimum atomic E-state index is -1.64. The Kier molecular flexibility index (Phi) is 9.80. The molecule has 0 aliphatic carbocycles. The van der Waals surface area contributed by atoms with E-state index in [2.05, 4.69) is 10.3 Å². The van der Waals surface area contributed by atoms with E-state index in [0.29, 0.717) is 6.42 Å². The third kappa shape index (κ3) is 7.07. The Bertz CT molecular complexity index is 1140. The number of hydrogen-bond donors (Lipinski definition) is 0. The molecule has 0 saturated carbocycles. The molecule has 38 heavy (non-hydrogen) atoms. The number of aromatic nitrogens is 3. The van der Waals surface area contributed by atoms with E-state index in [4.69, 9.17) is 23.7 Å². The maximum Gasteiger partial charge on any atom is 0.303 e. The van der Waals surface area contributed by atoms with Crippen LogP contribution in [0.25, 0.3) is 11.3 Å². The van der Waals surface area contributed by atoms with E-state index in [1.165, 1.54) is 13.1 Å². The fourth-order valence-corrected chi connectivity index (χ4v) is 3.92. The Balaban J connectivity index is 2.09. The Morgan fingerprint density at radius 3 is 2.21 bits per heavy atom. The van der Waals surface area contributed by atoms with E-state index in [1.54, 1.807) is 0 Å². The topological polar surface area (TPSA) is 128 Å². The number of ether oxygens (including phenoxy) is 5. The zero-order valence-corrected chi connectivity index (χ0v) is 21.2. The summed E-state index contributed by atoms with van der Waals surface area (Å²) in [5.41, 5.74) is -0.183. The van der Waals surface area contributed by atoms with Gasteiger partial charge in [0.1, 0.15) is 24.4 Å². The van der Waals surface area contributed by atoms with Crippen molar-refractivity contribution in [2.75, 3.05) is 13.2 Å². The number of carbonyl (C=O) groups is 3. The van der Waals surface area contributed by atoms with Crippen LogP contribution in [0.5, 0.6) is 0 Å². The molecule has 5 atom stereocenters. The van der Waals surface area contributed by atoms with Gasteiger partial charge in [-0.25, -0.2) is 17.9 Å². The summed E-state index contributed by atoms with van der Waals surface area (Å²) < 4.78 is 70.2. The summed E-state index contributed by atoms with van der Waals surface area (Å²) in [7, 11) is 0. The van der Waals surface area contributed by atoms with Crippen LogP contribution in [-0.2, 0) is 38.1 Å². The lowest BCUT2D eigenvalue weighted by molar-refractivity contribution is -0.293. The molecule has 208 valence electrons. The van der Waals surface area contributed by atoms with Gasteiger partial charge in [-0.3, -0.25) is 14.4 Å². The van der Waals surface area contributed by atoms with E-state index < -0.39 is 66.0 Å². The molecule has 1 saturated heterocycles. The minimum absolute atomic E-state index is 0.0579. The first-order valence-electron chi connectivity index (χ1n) is 11.8. The Hall–Kier alpha value is -3.52. The number of rotatable bonds is 10. The largest absolute Gasteiger partial charge is 0.463 e. The van der Waals surface area contributed by atoms with Gasteiger partial charge in [0.05, 0.1) is 6.20 Å². The van der Waals surface area contributed by atoms with Crippen LogP contribution >= 0.6 is 0 Å². The highest BCUT2D eigenvalue weighted by molar-refractivity contribution is 5.67. The second-order valence-electron chi connectivity index (χ2n) is 8.55. The highest BCUT2D eigenvalue weighted by Crippen LogP contribution is 2.36. The molecule has 1 aliphatic heterocycles. The third-order valence-electron chi connectivity index (χ3n) is 5.55. The molecule has 2 heterocycles. The first-order chi connectivity index (χ1) is 18.0. The summed E-state index contributed by atoms with van der Waals surface area (Å²) >= 11 is 0. The predicted octanol–water partition coefficient (Wildman–Crippen LogP) is 2.87. The van der Waals surface area contributed by atoms with Gasteiger partial charge in [0.15, 0.2) is 35.9 Å². The van der Waals surface area contributed by atoms with Crippen molar-refractivity contribution in [1.82, 2.24) is 15.0 Å². The number of halogens is 3. The molecule has 11 nitrogen and oxygen atoms in total. The van der Waals surface area contributed by atoms with Gasteiger partial charge in [0, 0.05) is 32.9 Å². The highest BCUT2D eigenvalue weighted by Gasteiger charge is 2.52. The number of carbonyl (C=O) groups excluding carboxylic acids is 3. The van der Waals surface area contributed by atoms with Gasteiger partial charge in [-0.05, 0) is 18.6 Å². The monoisotopic (exact) mass is 543 g/mol. The van der Waals surface area contributed by atoms with Crippen LogP contribution in [0.3, 0.4) is 0 Å². The molecular formula is C24H28F3N3O8. The van der Waals surface area contributed by atoms with E-state index in [9.17, 15) is 27.6 Å². The van der Waals surface area contributed by atoms with Crippen molar-refractivity contribution in [2.45, 2.75) is 71.2 Å². The summed E-state index contributed by atoms with van der Waals surface area (Å²) in [6.45, 7) is 5.30. The number of esters is 3. The fourth-order valence-electron chi connectivity index (χ4n) is 3.92. The maximum absolute atomic E-state index is 13.8. The zero-order chi connectivity index (χ0) is 28.0. The molecule has 0 spiro atoms. The molecule has 0 unspecified atom stereocenters. The van der Waals surface area contributed by atoms with Gasteiger partial charge in [-0.1, -0.05) is 18.6 Å². The van der Waals surface area contributed by atoms with Crippen LogP contribution in [-0.4, -0.2) is 70.7 Å².